The summed E-state index contributed by atoms with van der Waals surface area (Å²) in [5.41, 5.74) is 4.38. The molecule has 0 bridgehead atoms. The van der Waals surface area contributed by atoms with Crippen LogP contribution >= 0.6 is 0 Å². The van der Waals surface area contributed by atoms with Crippen LogP contribution in [-0.4, -0.2) is 32.1 Å². The molecular weight excluding hydrogens is 450 g/mol. The molecule has 1 aliphatic rings. The molecule has 0 radical (unpaired) electrons. The number of carboxylic acid groups (broad SMARTS) is 1. The Morgan fingerprint density at radius 3 is 2.50 bits per heavy atom. The maximum atomic E-state index is 13.7. The maximum Gasteiger partial charge on any atom is 0.303 e. The second-order valence-electron chi connectivity index (χ2n) is 8.99. The van der Waals surface area contributed by atoms with Gasteiger partial charge < -0.3 is 9.84 Å². The Balaban J connectivity index is 1.80. The maximum absolute atomic E-state index is 13.7. The quantitative estimate of drug-likeness (QED) is 0.476. The molecule has 0 aliphatic carbocycles. The molecule has 1 atom stereocenters. The molecule has 178 valence electrons. The predicted octanol–water partition coefficient (Wildman–Crippen LogP) is 5.61. The van der Waals surface area contributed by atoms with Gasteiger partial charge in [-0.1, -0.05) is 56.3 Å². The van der Waals surface area contributed by atoms with Crippen LogP contribution < -0.4 is 9.04 Å². The topological polar surface area (TPSA) is 83.9 Å². The average molecular weight is 480 g/mol. The first kappa shape index (κ1) is 23.8. The summed E-state index contributed by atoms with van der Waals surface area (Å²) in [6, 6.07) is 20.5. The molecule has 0 fully saturated rings. The lowest BCUT2D eigenvalue weighted by Gasteiger charge is -2.35. The van der Waals surface area contributed by atoms with E-state index in [0.29, 0.717) is 17.4 Å². The first-order valence-corrected chi connectivity index (χ1v) is 12.8. The van der Waals surface area contributed by atoms with Crippen molar-refractivity contribution < 1.29 is 23.1 Å². The molecule has 3 aromatic carbocycles. The molecule has 6 nitrogen and oxygen atoms in total. The standard InChI is InChI=1S/C27H29NO5S/c1-18(2)20-7-5-8-21(15-20)22-10-12-26-25(16-22)28(17-23(33-26)11-13-27(29)30)34(31,32)24-9-4-6-19(3)14-24/h4-10,12,14-16,18,23H,11,13,17H2,1-3H3,(H,29,30)/t23-/m0/s1. The average Bonchev–Trinajstić information content (AvgIpc) is 2.82. The number of nitrogens with zero attached hydrogens (tertiary/aromatic N) is 1. The van der Waals surface area contributed by atoms with E-state index < -0.39 is 22.1 Å². The number of carboxylic acids is 1. The van der Waals surface area contributed by atoms with Gasteiger partial charge in [0.15, 0.2) is 0 Å². The number of anilines is 1. The Morgan fingerprint density at radius 1 is 1.06 bits per heavy atom. The molecule has 0 aromatic heterocycles. The Bertz CT molecular complexity index is 1320. The van der Waals surface area contributed by atoms with Crippen molar-refractivity contribution in [3.63, 3.8) is 0 Å². The summed E-state index contributed by atoms with van der Waals surface area (Å²) in [5, 5.41) is 9.11. The van der Waals surface area contributed by atoms with Crippen LogP contribution in [0.4, 0.5) is 5.69 Å². The van der Waals surface area contributed by atoms with Crippen molar-refractivity contribution in [3.8, 4) is 16.9 Å². The van der Waals surface area contributed by atoms with Crippen LogP contribution in [0.3, 0.4) is 0 Å². The summed E-state index contributed by atoms with van der Waals surface area (Å²) in [5.74, 6) is -0.140. The monoisotopic (exact) mass is 479 g/mol. The van der Waals surface area contributed by atoms with E-state index in [4.69, 9.17) is 9.84 Å². The molecule has 34 heavy (non-hydrogen) atoms. The molecule has 0 saturated heterocycles. The van der Waals surface area contributed by atoms with Crippen LogP contribution in [0.2, 0.25) is 0 Å². The largest absolute Gasteiger partial charge is 0.486 e. The van der Waals surface area contributed by atoms with E-state index in [0.717, 1.165) is 16.7 Å². The Hall–Kier alpha value is -3.32. The molecule has 3 aromatic rings. The number of aliphatic carboxylic acids is 1. The molecule has 0 unspecified atom stereocenters. The van der Waals surface area contributed by atoms with Crippen molar-refractivity contribution in [1.82, 2.24) is 0 Å². The van der Waals surface area contributed by atoms with Gasteiger partial charge in [0, 0.05) is 6.42 Å². The van der Waals surface area contributed by atoms with Gasteiger partial charge in [0.25, 0.3) is 10.0 Å². The van der Waals surface area contributed by atoms with Crippen LogP contribution in [0.15, 0.2) is 71.6 Å². The first-order valence-electron chi connectivity index (χ1n) is 11.4. The van der Waals surface area contributed by atoms with Crippen molar-refractivity contribution in [2.24, 2.45) is 0 Å². The van der Waals surface area contributed by atoms with Crippen molar-refractivity contribution in [1.29, 1.82) is 0 Å². The van der Waals surface area contributed by atoms with Crippen molar-refractivity contribution >= 4 is 21.7 Å². The highest BCUT2D eigenvalue weighted by molar-refractivity contribution is 7.92. The zero-order valence-corrected chi connectivity index (χ0v) is 20.4. The number of hydrogen-bond donors (Lipinski definition) is 1. The summed E-state index contributed by atoms with van der Waals surface area (Å²) in [6.07, 6.45) is -0.441. The van der Waals surface area contributed by atoms with E-state index in [-0.39, 0.29) is 24.3 Å². The summed E-state index contributed by atoms with van der Waals surface area (Å²) in [7, 11) is -3.88. The smallest absolute Gasteiger partial charge is 0.303 e. The lowest BCUT2D eigenvalue weighted by Crippen LogP contribution is -2.43. The molecular formula is C27H29NO5S. The van der Waals surface area contributed by atoms with Gasteiger partial charge in [0.1, 0.15) is 11.9 Å². The zero-order valence-electron chi connectivity index (χ0n) is 19.6. The number of hydrogen-bond acceptors (Lipinski definition) is 4. The third-order valence-electron chi connectivity index (χ3n) is 6.04. The highest BCUT2D eigenvalue weighted by Crippen LogP contribution is 2.41. The molecule has 1 heterocycles. The third-order valence-corrected chi connectivity index (χ3v) is 7.81. The Kier molecular flexibility index (Phi) is 6.66. The van der Waals surface area contributed by atoms with Crippen LogP contribution in [0.1, 0.15) is 43.7 Å². The van der Waals surface area contributed by atoms with E-state index >= 15 is 0 Å². The van der Waals surface area contributed by atoms with E-state index in [9.17, 15) is 13.2 Å². The highest BCUT2D eigenvalue weighted by Gasteiger charge is 2.35. The molecule has 0 saturated carbocycles. The normalized spacial score (nSPS) is 15.6. The van der Waals surface area contributed by atoms with Gasteiger partial charge in [0.2, 0.25) is 0 Å². The van der Waals surface area contributed by atoms with Crippen molar-refractivity contribution in [2.45, 2.75) is 50.5 Å². The minimum atomic E-state index is -3.88. The van der Waals surface area contributed by atoms with Gasteiger partial charge in [-0.2, -0.15) is 0 Å². The molecule has 1 N–H and O–H groups in total. The third kappa shape index (κ3) is 4.94. The number of benzene rings is 3. The van der Waals surface area contributed by atoms with E-state index in [1.807, 2.05) is 37.3 Å². The lowest BCUT2D eigenvalue weighted by atomic mass is 9.97. The second-order valence-corrected chi connectivity index (χ2v) is 10.8. The molecule has 4 rings (SSSR count). The number of rotatable bonds is 7. The molecule has 0 spiro atoms. The Morgan fingerprint density at radius 2 is 1.79 bits per heavy atom. The lowest BCUT2D eigenvalue weighted by molar-refractivity contribution is -0.137. The minimum absolute atomic E-state index is 0.0477. The van der Waals surface area contributed by atoms with Crippen molar-refractivity contribution in [2.75, 3.05) is 10.8 Å². The van der Waals surface area contributed by atoms with Gasteiger partial charge in [-0.05, 0) is 65.8 Å². The number of aryl methyl sites for hydroxylation is 1. The fourth-order valence-corrected chi connectivity index (χ4v) is 5.74. The number of ether oxygens (including phenoxy) is 1. The SMILES string of the molecule is Cc1cccc(S(=O)(=O)N2C[C@H](CCC(=O)O)Oc3ccc(-c4cccc(C(C)C)c4)cc32)c1. The fraction of sp³-hybridized carbons (Fsp3) is 0.296. The van der Waals surface area contributed by atoms with Crippen molar-refractivity contribution in [3.05, 3.63) is 77.9 Å². The van der Waals surface area contributed by atoms with Crippen LogP contribution in [-0.2, 0) is 14.8 Å². The first-order chi connectivity index (χ1) is 16.1. The minimum Gasteiger partial charge on any atom is -0.486 e. The van der Waals surface area contributed by atoms with Gasteiger partial charge in [-0.15, -0.1) is 0 Å². The van der Waals surface area contributed by atoms with E-state index in [1.165, 1.54) is 9.87 Å². The summed E-state index contributed by atoms with van der Waals surface area (Å²) in [6.45, 7) is 6.16. The van der Waals surface area contributed by atoms with Gasteiger partial charge in [0.05, 0.1) is 17.1 Å². The highest BCUT2D eigenvalue weighted by atomic mass is 32.2. The number of carbonyl (C=O) groups is 1. The Labute approximate surface area is 200 Å². The van der Waals surface area contributed by atoms with Gasteiger partial charge in [-0.25, -0.2) is 8.42 Å². The predicted molar refractivity (Wildman–Crippen MR) is 133 cm³/mol. The van der Waals surface area contributed by atoms with Gasteiger partial charge in [-0.3, -0.25) is 9.10 Å². The summed E-state index contributed by atoms with van der Waals surface area (Å²) < 4.78 is 34.9. The van der Waals surface area contributed by atoms with E-state index in [1.54, 1.807) is 24.3 Å². The van der Waals surface area contributed by atoms with Crippen LogP contribution in [0.25, 0.3) is 11.1 Å². The zero-order chi connectivity index (χ0) is 24.5. The number of sulfonamides is 1. The molecule has 1 aliphatic heterocycles. The molecule has 0 amide bonds. The molecule has 7 heteroatoms. The van der Waals surface area contributed by atoms with E-state index in [2.05, 4.69) is 26.0 Å². The van der Waals surface area contributed by atoms with Gasteiger partial charge >= 0.3 is 5.97 Å². The van der Waals surface area contributed by atoms with Crippen LogP contribution in [0, 0.1) is 6.92 Å². The van der Waals surface area contributed by atoms with Crippen LogP contribution in [0.5, 0.6) is 5.75 Å². The number of fused-ring (bicyclic) bond motifs is 1. The summed E-state index contributed by atoms with van der Waals surface area (Å²) >= 11 is 0. The second kappa shape index (κ2) is 9.50. The fourth-order valence-electron chi connectivity index (χ4n) is 4.13. The summed E-state index contributed by atoms with van der Waals surface area (Å²) in [4.78, 5) is 11.3.